The van der Waals surface area contributed by atoms with Gasteiger partial charge >= 0.3 is 0 Å². The number of hydrogen-bond acceptors (Lipinski definition) is 5. The number of carbonyl (C=O) groups is 1. The maximum absolute atomic E-state index is 13.8. The second-order valence-corrected chi connectivity index (χ2v) is 6.76. The van der Waals surface area contributed by atoms with Gasteiger partial charge < -0.3 is 15.1 Å². The molecule has 7 nitrogen and oxygen atoms in total. The standard InChI is InChI=1S/C19H20F2N4O3/c1-12-15(9-13(20)10-16(12)21)19(26)22-17-11-14(25(27)28)3-4-18(17)24-7-5-23(2)6-8-24/h3-4,9-11H,5-8H2,1-2H3,(H,22,26). The Morgan fingerprint density at radius 3 is 2.46 bits per heavy atom. The average molecular weight is 390 g/mol. The van der Waals surface area contributed by atoms with E-state index in [0.29, 0.717) is 24.8 Å². The highest BCUT2D eigenvalue weighted by molar-refractivity contribution is 6.07. The number of nitrogens with one attached hydrogen (secondary N) is 1. The summed E-state index contributed by atoms with van der Waals surface area (Å²) in [5.41, 5.74) is 0.517. The Hall–Kier alpha value is -3.07. The molecule has 1 amide bonds. The molecule has 28 heavy (non-hydrogen) atoms. The van der Waals surface area contributed by atoms with E-state index >= 15 is 0 Å². The summed E-state index contributed by atoms with van der Waals surface area (Å²) in [4.78, 5) is 27.4. The number of hydrogen-bond donors (Lipinski definition) is 1. The first-order chi connectivity index (χ1) is 13.3. The monoisotopic (exact) mass is 390 g/mol. The lowest BCUT2D eigenvalue weighted by atomic mass is 10.1. The van der Waals surface area contributed by atoms with E-state index in [2.05, 4.69) is 10.2 Å². The van der Waals surface area contributed by atoms with E-state index in [0.717, 1.165) is 19.2 Å². The zero-order chi connectivity index (χ0) is 20.4. The first-order valence-electron chi connectivity index (χ1n) is 8.75. The number of nitro benzene ring substituents is 1. The maximum atomic E-state index is 13.8. The zero-order valence-electron chi connectivity index (χ0n) is 15.5. The Bertz CT molecular complexity index is 928. The first kappa shape index (κ1) is 19.7. The van der Waals surface area contributed by atoms with Gasteiger partial charge in [0.05, 0.1) is 16.3 Å². The zero-order valence-corrected chi connectivity index (χ0v) is 15.5. The number of anilines is 2. The lowest BCUT2D eigenvalue weighted by molar-refractivity contribution is -0.384. The van der Waals surface area contributed by atoms with Crippen LogP contribution < -0.4 is 10.2 Å². The molecule has 1 aliphatic rings. The van der Waals surface area contributed by atoms with Crippen molar-refractivity contribution in [2.45, 2.75) is 6.92 Å². The fraction of sp³-hybridized carbons (Fsp3) is 0.316. The summed E-state index contributed by atoms with van der Waals surface area (Å²) in [5.74, 6) is -2.43. The third-order valence-electron chi connectivity index (χ3n) is 4.84. The predicted octanol–water partition coefficient (Wildman–Crippen LogP) is 3.19. The van der Waals surface area contributed by atoms with E-state index in [1.165, 1.54) is 19.1 Å². The largest absolute Gasteiger partial charge is 0.367 e. The molecule has 0 atom stereocenters. The van der Waals surface area contributed by atoms with Crippen molar-refractivity contribution >= 4 is 23.0 Å². The molecule has 1 aliphatic heterocycles. The smallest absolute Gasteiger partial charge is 0.271 e. The van der Waals surface area contributed by atoms with Crippen molar-refractivity contribution in [2.24, 2.45) is 0 Å². The molecule has 1 N–H and O–H groups in total. The number of benzene rings is 2. The molecule has 3 rings (SSSR count). The Morgan fingerprint density at radius 1 is 1.14 bits per heavy atom. The summed E-state index contributed by atoms with van der Waals surface area (Å²) < 4.78 is 27.4. The normalized spacial score (nSPS) is 14.8. The third-order valence-corrected chi connectivity index (χ3v) is 4.84. The minimum atomic E-state index is -0.869. The van der Waals surface area contributed by atoms with Gasteiger partial charge in [-0.1, -0.05) is 0 Å². The van der Waals surface area contributed by atoms with Crippen LogP contribution in [0.15, 0.2) is 30.3 Å². The van der Waals surface area contributed by atoms with Crippen LogP contribution in [0.25, 0.3) is 0 Å². The molecule has 2 aromatic carbocycles. The van der Waals surface area contributed by atoms with Gasteiger partial charge in [0.1, 0.15) is 11.6 Å². The van der Waals surface area contributed by atoms with Crippen LogP contribution in [-0.2, 0) is 0 Å². The van der Waals surface area contributed by atoms with Crippen molar-refractivity contribution in [2.75, 3.05) is 43.4 Å². The molecule has 0 aliphatic carbocycles. The van der Waals surface area contributed by atoms with Crippen LogP contribution in [0.3, 0.4) is 0 Å². The number of non-ortho nitro benzene ring substituents is 1. The van der Waals surface area contributed by atoms with Gasteiger partial charge in [-0.3, -0.25) is 14.9 Å². The van der Waals surface area contributed by atoms with Gasteiger partial charge in [-0.05, 0) is 31.7 Å². The molecular formula is C19H20F2N4O3. The molecular weight excluding hydrogens is 370 g/mol. The second kappa shape index (κ2) is 7.89. The van der Waals surface area contributed by atoms with Crippen molar-refractivity contribution in [3.05, 3.63) is 63.2 Å². The SMILES string of the molecule is Cc1c(F)cc(F)cc1C(=O)Nc1cc([N+](=O)[O-])ccc1N1CCN(C)CC1. The molecule has 9 heteroatoms. The summed E-state index contributed by atoms with van der Waals surface area (Å²) in [6, 6.07) is 5.86. The summed E-state index contributed by atoms with van der Waals surface area (Å²) in [6.45, 7) is 4.35. The van der Waals surface area contributed by atoms with Crippen LogP contribution in [0, 0.1) is 28.7 Å². The lowest BCUT2D eigenvalue weighted by Crippen LogP contribution is -2.44. The second-order valence-electron chi connectivity index (χ2n) is 6.76. The molecule has 2 aromatic rings. The van der Waals surface area contributed by atoms with Crippen LogP contribution >= 0.6 is 0 Å². The van der Waals surface area contributed by atoms with Gasteiger partial charge in [0.25, 0.3) is 11.6 Å². The highest BCUT2D eigenvalue weighted by Gasteiger charge is 2.22. The Morgan fingerprint density at radius 2 is 1.82 bits per heavy atom. The van der Waals surface area contributed by atoms with E-state index in [1.807, 2.05) is 11.9 Å². The summed E-state index contributed by atoms with van der Waals surface area (Å²) in [7, 11) is 2.00. The maximum Gasteiger partial charge on any atom is 0.271 e. The van der Waals surface area contributed by atoms with Crippen LogP contribution in [0.2, 0.25) is 0 Å². The number of piperazine rings is 1. The van der Waals surface area contributed by atoms with E-state index < -0.39 is 22.5 Å². The molecule has 0 unspecified atom stereocenters. The van der Waals surface area contributed by atoms with Crippen molar-refractivity contribution in [3.63, 3.8) is 0 Å². The van der Waals surface area contributed by atoms with Gasteiger partial charge in [0.2, 0.25) is 0 Å². The van der Waals surface area contributed by atoms with Crippen molar-refractivity contribution < 1.29 is 18.5 Å². The number of amides is 1. The topological polar surface area (TPSA) is 78.7 Å². The Balaban J connectivity index is 1.96. The molecule has 1 fully saturated rings. The number of likely N-dealkylation sites (N-methyl/N-ethyl adjacent to an activating group) is 1. The van der Waals surface area contributed by atoms with Crippen LogP contribution in [0.4, 0.5) is 25.8 Å². The van der Waals surface area contributed by atoms with E-state index in [9.17, 15) is 23.7 Å². The summed E-state index contributed by atoms with van der Waals surface area (Å²) in [6.07, 6.45) is 0. The number of rotatable bonds is 4. The van der Waals surface area contributed by atoms with Gasteiger partial charge in [-0.2, -0.15) is 0 Å². The fourth-order valence-corrected chi connectivity index (χ4v) is 3.13. The van der Waals surface area contributed by atoms with E-state index in [1.54, 1.807) is 6.07 Å². The summed E-state index contributed by atoms with van der Waals surface area (Å²) >= 11 is 0. The minimum absolute atomic E-state index is 0.00507. The third kappa shape index (κ3) is 4.09. The Kier molecular flexibility index (Phi) is 5.55. The lowest BCUT2D eigenvalue weighted by Gasteiger charge is -2.35. The van der Waals surface area contributed by atoms with Crippen molar-refractivity contribution in [3.8, 4) is 0 Å². The average Bonchev–Trinajstić information content (AvgIpc) is 2.65. The van der Waals surface area contributed by atoms with Crippen LogP contribution in [0.1, 0.15) is 15.9 Å². The molecule has 1 heterocycles. The predicted molar refractivity (Wildman–Crippen MR) is 102 cm³/mol. The Labute approximate surface area is 160 Å². The van der Waals surface area contributed by atoms with E-state index in [4.69, 9.17) is 0 Å². The van der Waals surface area contributed by atoms with Crippen molar-refractivity contribution in [1.82, 2.24) is 4.90 Å². The highest BCUT2D eigenvalue weighted by Crippen LogP contribution is 2.31. The fourth-order valence-electron chi connectivity index (χ4n) is 3.13. The van der Waals surface area contributed by atoms with Crippen LogP contribution in [0.5, 0.6) is 0 Å². The molecule has 0 saturated carbocycles. The number of nitro groups is 1. The molecule has 0 aromatic heterocycles. The highest BCUT2D eigenvalue weighted by atomic mass is 19.1. The summed E-state index contributed by atoms with van der Waals surface area (Å²) in [5, 5.41) is 13.8. The minimum Gasteiger partial charge on any atom is -0.367 e. The number of nitrogens with zero attached hydrogens (tertiary/aromatic N) is 3. The van der Waals surface area contributed by atoms with Gasteiger partial charge in [-0.15, -0.1) is 0 Å². The van der Waals surface area contributed by atoms with E-state index in [-0.39, 0.29) is 22.5 Å². The van der Waals surface area contributed by atoms with Gasteiger partial charge in [0, 0.05) is 49.9 Å². The van der Waals surface area contributed by atoms with Crippen molar-refractivity contribution in [1.29, 1.82) is 0 Å². The first-order valence-corrected chi connectivity index (χ1v) is 8.75. The molecule has 0 spiro atoms. The quantitative estimate of drug-likeness (QED) is 0.641. The molecule has 0 bridgehead atoms. The van der Waals surface area contributed by atoms with Gasteiger partial charge in [-0.25, -0.2) is 8.78 Å². The van der Waals surface area contributed by atoms with Gasteiger partial charge in [0.15, 0.2) is 0 Å². The molecule has 1 saturated heterocycles. The number of halogens is 2. The molecule has 148 valence electrons. The van der Waals surface area contributed by atoms with Crippen LogP contribution in [-0.4, -0.2) is 49.0 Å². The molecule has 0 radical (unpaired) electrons. The number of carbonyl (C=O) groups excluding carboxylic acids is 1.